The summed E-state index contributed by atoms with van der Waals surface area (Å²) in [6, 6.07) is 12.7. The van der Waals surface area contributed by atoms with E-state index < -0.39 is 16.7 Å². The predicted molar refractivity (Wildman–Crippen MR) is 94.3 cm³/mol. The first-order valence-corrected chi connectivity index (χ1v) is 7.84. The lowest BCUT2D eigenvalue weighted by molar-refractivity contribution is -0.384. The molecule has 3 rings (SSSR count). The van der Waals surface area contributed by atoms with Crippen molar-refractivity contribution in [3.63, 3.8) is 0 Å². The van der Waals surface area contributed by atoms with Gasteiger partial charge >= 0.3 is 0 Å². The van der Waals surface area contributed by atoms with E-state index in [1.165, 1.54) is 24.3 Å². The molecule has 1 saturated heterocycles. The van der Waals surface area contributed by atoms with Gasteiger partial charge in [0.25, 0.3) is 17.5 Å². The number of hydrogen-bond acceptors (Lipinski definition) is 5. The molecule has 0 bridgehead atoms. The Morgan fingerprint density at radius 2 is 1.92 bits per heavy atom. The van der Waals surface area contributed by atoms with E-state index in [-0.39, 0.29) is 16.8 Å². The highest BCUT2D eigenvalue weighted by molar-refractivity contribution is 6.31. The zero-order valence-corrected chi connectivity index (χ0v) is 13.8. The first-order chi connectivity index (χ1) is 12.5. The minimum atomic E-state index is -0.590. The van der Waals surface area contributed by atoms with E-state index in [0.29, 0.717) is 18.0 Å². The van der Waals surface area contributed by atoms with Gasteiger partial charge < -0.3 is 4.74 Å². The molecule has 1 fully saturated rings. The average molecular weight is 353 g/mol. The number of benzene rings is 2. The highest BCUT2D eigenvalue weighted by Gasteiger charge is 2.34. The maximum absolute atomic E-state index is 12.6. The van der Waals surface area contributed by atoms with Crippen LogP contribution in [0, 0.1) is 10.1 Å². The van der Waals surface area contributed by atoms with Gasteiger partial charge in [-0.1, -0.05) is 18.2 Å². The Labute approximate surface area is 148 Å². The van der Waals surface area contributed by atoms with Crippen molar-refractivity contribution in [1.82, 2.24) is 5.43 Å². The molecular formula is C18H15N3O5. The van der Waals surface area contributed by atoms with E-state index in [1.807, 2.05) is 0 Å². The zero-order chi connectivity index (χ0) is 18.7. The Morgan fingerprint density at radius 1 is 1.19 bits per heavy atom. The third kappa shape index (κ3) is 3.25. The first kappa shape index (κ1) is 17.2. The van der Waals surface area contributed by atoms with Crippen molar-refractivity contribution >= 4 is 29.3 Å². The number of nitro benzene ring substituents is 1. The van der Waals surface area contributed by atoms with Crippen LogP contribution in [0.15, 0.2) is 54.1 Å². The number of nitro groups is 1. The molecule has 1 heterocycles. The number of nitrogens with one attached hydrogen (secondary N) is 1. The van der Waals surface area contributed by atoms with E-state index in [2.05, 4.69) is 5.43 Å². The average Bonchev–Trinajstić information content (AvgIpc) is 2.92. The Hall–Kier alpha value is -3.68. The molecule has 0 aliphatic carbocycles. The second kappa shape index (κ2) is 7.06. The van der Waals surface area contributed by atoms with Gasteiger partial charge in [-0.25, -0.2) is 5.01 Å². The van der Waals surface area contributed by atoms with Crippen LogP contribution in [0.2, 0.25) is 0 Å². The summed E-state index contributed by atoms with van der Waals surface area (Å²) in [5.41, 5.74) is 2.99. The highest BCUT2D eigenvalue weighted by Crippen LogP contribution is 2.28. The highest BCUT2D eigenvalue weighted by atomic mass is 16.6. The number of non-ortho nitro benzene ring substituents is 1. The van der Waals surface area contributed by atoms with Crippen molar-refractivity contribution in [2.45, 2.75) is 6.92 Å². The molecule has 132 valence electrons. The minimum Gasteiger partial charge on any atom is -0.493 e. The third-order valence-corrected chi connectivity index (χ3v) is 3.71. The van der Waals surface area contributed by atoms with Gasteiger partial charge in [-0.15, -0.1) is 0 Å². The van der Waals surface area contributed by atoms with Crippen molar-refractivity contribution < 1.29 is 19.2 Å². The predicted octanol–water partition coefficient (Wildman–Crippen LogP) is 2.45. The number of hydrogen-bond donors (Lipinski definition) is 1. The van der Waals surface area contributed by atoms with Gasteiger partial charge in [0, 0.05) is 17.7 Å². The van der Waals surface area contributed by atoms with Gasteiger partial charge in [-0.3, -0.25) is 25.1 Å². The number of nitrogens with zero attached hydrogens (tertiary/aromatic N) is 2. The summed E-state index contributed by atoms with van der Waals surface area (Å²) in [5, 5.41) is 12.1. The topological polar surface area (TPSA) is 102 Å². The van der Waals surface area contributed by atoms with Crippen LogP contribution in [0.4, 0.5) is 11.4 Å². The number of para-hydroxylation sites is 1. The summed E-state index contributed by atoms with van der Waals surface area (Å²) in [5.74, 6) is -0.785. The lowest BCUT2D eigenvalue weighted by atomic mass is 10.1. The van der Waals surface area contributed by atoms with E-state index in [0.717, 1.165) is 5.01 Å². The van der Waals surface area contributed by atoms with Crippen LogP contribution in [0.5, 0.6) is 5.75 Å². The van der Waals surface area contributed by atoms with Gasteiger partial charge in [-0.2, -0.15) is 0 Å². The van der Waals surface area contributed by atoms with E-state index >= 15 is 0 Å². The Balaban J connectivity index is 2.01. The van der Waals surface area contributed by atoms with Crippen molar-refractivity contribution in [1.29, 1.82) is 0 Å². The maximum atomic E-state index is 12.6. The Bertz CT molecular complexity index is 908. The van der Waals surface area contributed by atoms with Gasteiger partial charge in [0.05, 0.1) is 17.2 Å². The molecule has 8 heteroatoms. The molecule has 2 aromatic rings. The lowest BCUT2D eigenvalue weighted by Crippen LogP contribution is -2.35. The Kier molecular flexibility index (Phi) is 4.66. The Morgan fingerprint density at radius 3 is 2.58 bits per heavy atom. The molecular weight excluding hydrogens is 338 g/mol. The van der Waals surface area contributed by atoms with Gasteiger partial charge in [0.2, 0.25) is 0 Å². The molecule has 2 amide bonds. The summed E-state index contributed by atoms with van der Waals surface area (Å²) in [7, 11) is 0. The maximum Gasteiger partial charge on any atom is 0.282 e. The molecule has 0 saturated carbocycles. The third-order valence-electron chi connectivity index (χ3n) is 3.71. The summed E-state index contributed by atoms with van der Waals surface area (Å²) in [4.78, 5) is 35.3. The van der Waals surface area contributed by atoms with Crippen molar-refractivity contribution in [2.24, 2.45) is 0 Å². The van der Waals surface area contributed by atoms with Gasteiger partial charge in [0.1, 0.15) is 11.3 Å². The van der Waals surface area contributed by atoms with E-state index in [1.54, 1.807) is 37.3 Å². The van der Waals surface area contributed by atoms with Crippen LogP contribution < -0.4 is 15.2 Å². The summed E-state index contributed by atoms with van der Waals surface area (Å²) < 4.78 is 5.44. The normalized spacial score (nSPS) is 15.3. The molecule has 1 aliphatic rings. The standard InChI is InChI=1S/C18H15N3O5/c1-2-26-16-9-8-14(21(24)25)10-12(16)11-15-17(22)19-20(18(15)23)13-6-4-3-5-7-13/h3-11H,2H2,1H3,(H,19,22)/b15-11-. The fraction of sp³-hybridized carbons (Fsp3) is 0.111. The van der Waals surface area contributed by atoms with Crippen LogP contribution in [-0.2, 0) is 9.59 Å². The first-order valence-electron chi connectivity index (χ1n) is 7.84. The molecule has 0 atom stereocenters. The summed E-state index contributed by atoms with van der Waals surface area (Å²) >= 11 is 0. The number of rotatable bonds is 5. The van der Waals surface area contributed by atoms with Crippen LogP contribution >= 0.6 is 0 Å². The smallest absolute Gasteiger partial charge is 0.282 e. The van der Waals surface area contributed by atoms with Gasteiger partial charge in [-0.05, 0) is 31.2 Å². The number of amides is 2. The zero-order valence-electron chi connectivity index (χ0n) is 13.8. The van der Waals surface area contributed by atoms with Crippen LogP contribution in [0.1, 0.15) is 12.5 Å². The van der Waals surface area contributed by atoms with Crippen LogP contribution in [0.3, 0.4) is 0 Å². The fourth-order valence-electron chi connectivity index (χ4n) is 2.52. The summed E-state index contributed by atoms with van der Waals surface area (Å²) in [6.07, 6.45) is 1.30. The monoisotopic (exact) mass is 353 g/mol. The molecule has 0 aromatic heterocycles. The van der Waals surface area contributed by atoms with E-state index in [9.17, 15) is 19.7 Å². The largest absolute Gasteiger partial charge is 0.493 e. The second-order valence-electron chi connectivity index (χ2n) is 5.39. The SMILES string of the molecule is CCOc1ccc([N+](=O)[O-])cc1/C=C1/C(=O)NN(c2ccccc2)C1=O. The van der Waals surface area contributed by atoms with Crippen LogP contribution in [0.25, 0.3) is 6.08 Å². The molecule has 0 unspecified atom stereocenters. The molecule has 8 nitrogen and oxygen atoms in total. The lowest BCUT2D eigenvalue weighted by Gasteiger charge is -2.13. The van der Waals surface area contributed by atoms with Crippen molar-refractivity contribution in [3.05, 3.63) is 69.8 Å². The number of carbonyl (C=O) groups excluding carboxylic acids is 2. The number of ether oxygens (including phenoxy) is 1. The molecule has 0 radical (unpaired) electrons. The quantitative estimate of drug-likeness (QED) is 0.385. The molecule has 1 aliphatic heterocycles. The minimum absolute atomic E-state index is 0.129. The van der Waals surface area contributed by atoms with Crippen molar-refractivity contribution in [3.8, 4) is 5.75 Å². The molecule has 2 aromatic carbocycles. The van der Waals surface area contributed by atoms with E-state index in [4.69, 9.17) is 4.74 Å². The summed E-state index contributed by atoms with van der Waals surface area (Å²) in [6.45, 7) is 2.10. The molecule has 0 spiro atoms. The number of hydrazine groups is 1. The number of anilines is 1. The molecule has 26 heavy (non-hydrogen) atoms. The van der Waals surface area contributed by atoms with Crippen LogP contribution in [-0.4, -0.2) is 23.3 Å². The molecule has 1 N–H and O–H groups in total. The second-order valence-corrected chi connectivity index (χ2v) is 5.39. The fourth-order valence-corrected chi connectivity index (χ4v) is 2.52. The number of carbonyl (C=O) groups is 2. The van der Waals surface area contributed by atoms with Crippen molar-refractivity contribution in [2.75, 3.05) is 11.6 Å². The van der Waals surface area contributed by atoms with Gasteiger partial charge in [0.15, 0.2) is 0 Å².